The molecule has 0 N–H and O–H groups in total. The van der Waals surface area contributed by atoms with Gasteiger partial charge in [-0.25, -0.2) is 4.79 Å². The van der Waals surface area contributed by atoms with Crippen molar-refractivity contribution in [3.05, 3.63) is 59.1 Å². The molecule has 130 valence electrons. The molecule has 2 aromatic carbocycles. The lowest BCUT2D eigenvalue weighted by Gasteiger charge is -2.29. The lowest BCUT2D eigenvalue weighted by atomic mass is 10.2. The fourth-order valence-electron chi connectivity index (χ4n) is 3.09. The molecule has 1 aliphatic heterocycles. The number of fused-ring (bicyclic) bond motifs is 2. The van der Waals surface area contributed by atoms with E-state index in [0.717, 1.165) is 23.6 Å². The Hall–Kier alpha value is -2.73. The van der Waals surface area contributed by atoms with Gasteiger partial charge in [-0.3, -0.25) is 4.57 Å². The summed E-state index contributed by atoms with van der Waals surface area (Å²) in [4.78, 5) is 14.1. The number of likely N-dealkylation sites (N-methyl/N-ethyl adjacent to an activating group) is 1. The molecule has 2 heterocycles. The molecule has 0 saturated heterocycles. The number of aromatic nitrogens is 1. The van der Waals surface area contributed by atoms with Crippen LogP contribution in [0.3, 0.4) is 0 Å². The normalized spacial score (nSPS) is 16.5. The summed E-state index contributed by atoms with van der Waals surface area (Å²) < 4.78 is 18.7. The fourth-order valence-corrected chi connectivity index (χ4v) is 3.09. The standard InChI is InChI=1S/C19H20N2O4/c1-20(12-14-13-23-17-8-4-5-9-18(17)24-14)10-11-21-15-6-2-3-7-16(15)25-19(21)22/h2-9,14H,10-13H2,1H3. The van der Waals surface area contributed by atoms with Crippen LogP contribution in [0.2, 0.25) is 0 Å². The third-order valence-corrected chi connectivity index (χ3v) is 4.36. The zero-order chi connectivity index (χ0) is 17.2. The summed E-state index contributed by atoms with van der Waals surface area (Å²) in [7, 11) is 2.01. The van der Waals surface area contributed by atoms with Gasteiger partial charge in [0.15, 0.2) is 17.1 Å². The summed E-state index contributed by atoms with van der Waals surface area (Å²) in [5, 5.41) is 0. The minimum atomic E-state index is -0.319. The average Bonchev–Trinajstić information content (AvgIpc) is 2.95. The number of hydrogen-bond acceptors (Lipinski definition) is 5. The summed E-state index contributed by atoms with van der Waals surface area (Å²) in [6.07, 6.45) is -0.0299. The van der Waals surface area contributed by atoms with Crippen LogP contribution in [0.15, 0.2) is 57.7 Å². The number of para-hydroxylation sites is 4. The van der Waals surface area contributed by atoms with Gasteiger partial charge in [0.2, 0.25) is 0 Å². The summed E-state index contributed by atoms with van der Waals surface area (Å²) in [5.74, 6) is 1.25. The van der Waals surface area contributed by atoms with E-state index < -0.39 is 0 Å². The molecule has 3 aromatic rings. The van der Waals surface area contributed by atoms with E-state index in [0.29, 0.717) is 25.3 Å². The summed E-state index contributed by atoms with van der Waals surface area (Å²) in [5.41, 5.74) is 1.45. The van der Waals surface area contributed by atoms with Gasteiger partial charge in [-0.05, 0) is 31.3 Å². The molecule has 0 spiro atoms. The second-order valence-corrected chi connectivity index (χ2v) is 6.25. The minimum Gasteiger partial charge on any atom is -0.486 e. The molecule has 0 bridgehead atoms. The zero-order valence-corrected chi connectivity index (χ0v) is 14.1. The SMILES string of the molecule is CN(CCn1c(=O)oc2ccccc21)CC1COc2ccccc2O1. The smallest absolute Gasteiger partial charge is 0.419 e. The first kappa shape index (κ1) is 15.8. The zero-order valence-electron chi connectivity index (χ0n) is 14.1. The van der Waals surface area contributed by atoms with Crippen LogP contribution in [0, 0.1) is 0 Å². The summed E-state index contributed by atoms with van der Waals surface area (Å²) >= 11 is 0. The molecule has 1 aromatic heterocycles. The fraction of sp³-hybridized carbons (Fsp3) is 0.316. The summed E-state index contributed by atoms with van der Waals surface area (Å²) in [6, 6.07) is 15.2. The van der Waals surface area contributed by atoms with Crippen molar-refractivity contribution in [2.45, 2.75) is 12.6 Å². The number of benzene rings is 2. The molecule has 1 atom stereocenters. The second-order valence-electron chi connectivity index (χ2n) is 6.25. The van der Waals surface area contributed by atoms with Gasteiger partial charge in [-0.15, -0.1) is 0 Å². The quantitative estimate of drug-likeness (QED) is 0.714. The molecule has 0 saturated carbocycles. The molecule has 1 aliphatic rings. The van der Waals surface area contributed by atoms with Gasteiger partial charge < -0.3 is 18.8 Å². The second kappa shape index (κ2) is 6.64. The summed E-state index contributed by atoms with van der Waals surface area (Å²) in [6.45, 7) is 2.52. The molecule has 0 aliphatic carbocycles. The largest absolute Gasteiger partial charge is 0.486 e. The molecule has 25 heavy (non-hydrogen) atoms. The first-order valence-corrected chi connectivity index (χ1v) is 8.36. The monoisotopic (exact) mass is 340 g/mol. The molecule has 0 amide bonds. The Bertz CT molecular complexity index is 930. The maximum Gasteiger partial charge on any atom is 0.419 e. The van der Waals surface area contributed by atoms with E-state index in [1.165, 1.54) is 0 Å². The van der Waals surface area contributed by atoms with E-state index in [2.05, 4.69) is 4.90 Å². The van der Waals surface area contributed by atoms with Crippen LogP contribution in [-0.4, -0.2) is 42.3 Å². The van der Waals surface area contributed by atoms with Crippen LogP contribution in [0.4, 0.5) is 0 Å². The van der Waals surface area contributed by atoms with Crippen LogP contribution in [0.25, 0.3) is 11.1 Å². The molecular formula is C19H20N2O4. The van der Waals surface area contributed by atoms with Crippen molar-refractivity contribution in [3.8, 4) is 11.5 Å². The van der Waals surface area contributed by atoms with Crippen molar-refractivity contribution >= 4 is 11.1 Å². The van der Waals surface area contributed by atoms with Gasteiger partial charge in [-0.1, -0.05) is 24.3 Å². The molecule has 6 heteroatoms. The molecular weight excluding hydrogens is 320 g/mol. The third kappa shape index (κ3) is 3.25. The average molecular weight is 340 g/mol. The van der Waals surface area contributed by atoms with Crippen LogP contribution >= 0.6 is 0 Å². The number of ether oxygens (including phenoxy) is 2. The minimum absolute atomic E-state index is 0.0299. The van der Waals surface area contributed by atoms with E-state index in [1.807, 2.05) is 55.6 Å². The van der Waals surface area contributed by atoms with E-state index >= 15 is 0 Å². The Balaban J connectivity index is 1.37. The van der Waals surface area contributed by atoms with Crippen molar-refractivity contribution in [1.29, 1.82) is 0 Å². The van der Waals surface area contributed by atoms with E-state index in [4.69, 9.17) is 13.9 Å². The van der Waals surface area contributed by atoms with Crippen LogP contribution in [0.5, 0.6) is 11.5 Å². The van der Waals surface area contributed by atoms with E-state index in [-0.39, 0.29) is 11.9 Å². The molecule has 4 rings (SSSR count). The number of oxazole rings is 1. The van der Waals surface area contributed by atoms with Crippen molar-refractivity contribution in [1.82, 2.24) is 9.47 Å². The van der Waals surface area contributed by atoms with Crippen molar-refractivity contribution < 1.29 is 13.9 Å². The number of nitrogens with zero attached hydrogens (tertiary/aromatic N) is 2. The van der Waals surface area contributed by atoms with Crippen LogP contribution in [-0.2, 0) is 6.54 Å². The highest BCUT2D eigenvalue weighted by atomic mass is 16.6. The van der Waals surface area contributed by atoms with Crippen molar-refractivity contribution in [2.24, 2.45) is 0 Å². The van der Waals surface area contributed by atoms with Gasteiger partial charge in [0, 0.05) is 19.6 Å². The van der Waals surface area contributed by atoms with Gasteiger partial charge in [0.05, 0.1) is 5.52 Å². The van der Waals surface area contributed by atoms with Gasteiger partial charge >= 0.3 is 5.76 Å². The Morgan fingerprint density at radius 2 is 1.88 bits per heavy atom. The van der Waals surface area contributed by atoms with Gasteiger partial charge in [0.25, 0.3) is 0 Å². The number of hydrogen-bond donors (Lipinski definition) is 0. The highest BCUT2D eigenvalue weighted by molar-refractivity contribution is 5.72. The van der Waals surface area contributed by atoms with E-state index in [9.17, 15) is 4.79 Å². The maximum absolute atomic E-state index is 12.0. The van der Waals surface area contributed by atoms with Crippen LogP contribution < -0.4 is 15.2 Å². The van der Waals surface area contributed by atoms with Crippen LogP contribution in [0.1, 0.15) is 0 Å². The number of rotatable bonds is 5. The maximum atomic E-state index is 12.0. The highest BCUT2D eigenvalue weighted by Gasteiger charge is 2.22. The van der Waals surface area contributed by atoms with Crippen molar-refractivity contribution in [2.75, 3.05) is 26.7 Å². The molecule has 6 nitrogen and oxygen atoms in total. The first-order valence-electron chi connectivity index (χ1n) is 8.36. The Morgan fingerprint density at radius 3 is 2.76 bits per heavy atom. The Morgan fingerprint density at radius 1 is 1.12 bits per heavy atom. The van der Waals surface area contributed by atoms with Gasteiger partial charge in [0.1, 0.15) is 12.7 Å². The van der Waals surface area contributed by atoms with E-state index in [1.54, 1.807) is 4.57 Å². The first-order chi connectivity index (χ1) is 12.2. The predicted molar refractivity (Wildman–Crippen MR) is 94.3 cm³/mol. The molecule has 0 radical (unpaired) electrons. The Kier molecular flexibility index (Phi) is 4.19. The molecule has 0 fully saturated rings. The highest BCUT2D eigenvalue weighted by Crippen LogP contribution is 2.30. The van der Waals surface area contributed by atoms with Crippen molar-refractivity contribution in [3.63, 3.8) is 0 Å². The Labute approximate surface area is 145 Å². The topological polar surface area (TPSA) is 56.8 Å². The lowest BCUT2D eigenvalue weighted by molar-refractivity contribution is 0.0647. The lowest BCUT2D eigenvalue weighted by Crippen LogP contribution is -2.40. The third-order valence-electron chi connectivity index (χ3n) is 4.36. The predicted octanol–water partition coefficient (Wildman–Crippen LogP) is 2.37. The van der Waals surface area contributed by atoms with Gasteiger partial charge in [-0.2, -0.15) is 0 Å². The molecule has 1 unspecified atom stereocenters.